The Hall–Kier alpha value is -1.54. The number of nitrogens with one attached hydrogen (secondary N) is 1. The van der Waals surface area contributed by atoms with Gasteiger partial charge in [0.1, 0.15) is 6.73 Å². The van der Waals surface area contributed by atoms with E-state index in [1.807, 2.05) is 30.3 Å². The first-order valence-electron chi connectivity index (χ1n) is 4.24. The molecule has 0 radical (unpaired) electrons. The summed E-state index contributed by atoms with van der Waals surface area (Å²) in [6.45, 7) is -0.0337. The van der Waals surface area contributed by atoms with Gasteiger partial charge in [-0.15, -0.1) is 0 Å². The topological polar surface area (TPSA) is 32.3 Å². The van der Waals surface area contributed by atoms with Gasteiger partial charge >= 0.3 is 0 Å². The second-order valence-corrected chi connectivity index (χ2v) is 2.86. The maximum absolute atomic E-state index is 8.77. The molecule has 2 heteroatoms. The van der Waals surface area contributed by atoms with Crippen LogP contribution in [0.5, 0.6) is 0 Å². The van der Waals surface area contributed by atoms with Gasteiger partial charge < -0.3 is 10.4 Å². The highest BCUT2D eigenvalue weighted by Crippen LogP contribution is 2.22. The van der Waals surface area contributed by atoms with E-state index >= 15 is 0 Å². The molecule has 0 aliphatic carbocycles. The van der Waals surface area contributed by atoms with Gasteiger partial charge in [0.25, 0.3) is 0 Å². The standard InChI is InChI=1S/C11H11NO/c13-8-12-11-7-3-5-9-4-1-2-6-10(9)11/h1-7,12-13H,8H2. The van der Waals surface area contributed by atoms with Crippen molar-refractivity contribution in [2.45, 2.75) is 0 Å². The quantitative estimate of drug-likeness (QED) is 0.682. The number of aliphatic hydroxyl groups excluding tert-OH is 1. The molecule has 13 heavy (non-hydrogen) atoms. The third-order valence-electron chi connectivity index (χ3n) is 2.06. The van der Waals surface area contributed by atoms with Crippen LogP contribution in [0.4, 0.5) is 5.69 Å². The highest BCUT2D eigenvalue weighted by Gasteiger charge is 1.96. The Kier molecular flexibility index (Phi) is 2.15. The van der Waals surface area contributed by atoms with Gasteiger partial charge in [0, 0.05) is 11.1 Å². The molecule has 0 saturated carbocycles. The summed E-state index contributed by atoms with van der Waals surface area (Å²) in [6, 6.07) is 14.1. The molecular formula is C11H11NO. The Labute approximate surface area is 76.8 Å². The maximum atomic E-state index is 8.77. The molecule has 0 heterocycles. The molecule has 0 aliphatic heterocycles. The van der Waals surface area contributed by atoms with E-state index in [9.17, 15) is 0 Å². The molecule has 0 amide bonds. The van der Waals surface area contributed by atoms with E-state index < -0.39 is 0 Å². The Morgan fingerprint density at radius 1 is 1.00 bits per heavy atom. The van der Waals surface area contributed by atoms with Crippen molar-refractivity contribution in [3.8, 4) is 0 Å². The van der Waals surface area contributed by atoms with Crippen LogP contribution in [0.1, 0.15) is 0 Å². The lowest BCUT2D eigenvalue weighted by Gasteiger charge is -2.06. The van der Waals surface area contributed by atoms with Crippen LogP contribution in [0.25, 0.3) is 10.8 Å². The number of fused-ring (bicyclic) bond motifs is 1. The lowest BCUT2D eigenvalue weighted by Crippen LogP contribution is -1.99. The summed E-state index contributed by atoms with van der Waals surface area (Å²) < 4.78 is 0. The van der Waals surface area contributed by atoms with E-state index in [1.54, 1.807) is 0 Å². The minimum Gasteiger partial charge on any atom is -0.377 e. The molecule has 2 nitrogen and oxygen atoms in total. The lowest BCUT2D eigenvalue weighted by molar-refractivity contribution is 0.326. The molecule has 0 saturated heterocycles. The number of anilines is 1. The highest BCUT2D eigenvalue weighted by atomic mass is 16.3. The monoisotopic (exact) mass is 173 g/mol. The van der Waals surface area contributed by atoms with E-state index in [1.165, 1.54) is 5.39 Å². The van der Waals surface area contributed by atoms with Crippen molar-refractivity contribution >= 4 is 16.5 Å². The summed E-state index contributed by atoms with van der Waals surface area (Å²) in [5, 5.41) is 14.0. The van der Waals surface area contributed by atoms with Gasteiger partial charge in [-0.2, -0.15) is 0 Å². The van der Waals surface area contributed by atoms with Gasteiger partial charge in [-0.25, -0.2) is 0 Å². The van der Waals surface area contributed by atoms with Crippen LogP contribution in [-0.2, 0) is 0 Å². The molecule has 0 aliphatic rings. The Bertz CT molecular complexity index is 406. The molecule has 66 valence electrons. The second kappa shape index (κ2) is 3.46. The fourth-order valence-corrected chi connectivity index (χ4v) is 1.46. The van der Waals surface area contributed by atoms with Crippen LogP contribution >= 0.6 is 0 Å². The molecule has 0 spiro atoms. The minimum atomic E-state index is -0.0337. The molecule has 0 unspecified atom stereocenters. The van der Waals surface area contributed by atoms with E-state index in [2.05, 4.69) is 17.4 Å². The first-order valence-corrected chi connectivity index (χ1v) is 4.24. The number of hydrogen-bond acceptors (Lipinski definition) is 2. The largest absolute Gasteiger partial charge is 0.377 e. The minimum absolute atomic E-state index is 0.0337. The Morgan fingerprint density at radius 2 is 1.77 bits per heavy atom. The lowest BCUT2D eigenvalue weighted by atomic mass is 10.1. The van der Waals surface area contributed by atoms with Gasteiger partial charge in [-0.3, -0.25) is 0 Å². The molecule has 0 atom stereocenters. The van der Waals surface area contributed by atoms with Gasteiger partial charge in [-0.05, 0) is 11.5 Å². The van der Waals surface area contributed by atoms with E-state index in [4.69, 9.17) is 5.11 Å². The molecular weight excluding hydrogens is 162 g/mol. The van der Waals surface area contributed by atoms with Crippen molar-refractivity contribution in [1.82, 2.24) is 0 Å². The average Bonchev–Trinajstić information content (AvgIpc) is 2.19. The van der Waals surface area contributed by atoms with E-state index in [0.29, 0.717) is 0 Å². The molecule has 2 rings (SSSR count). The molecule has 2 aromatic rings. The number of rotatable bonds is 2. The van der Waals surface area contributed by atoms with Crippen molar-refractivity contribution < 1.29 is 5.11 Å². The van der Waals surface area contributed by atoms with Crippen LogP contribution in [0.2, 0.25) is 0 Å². The fourth-order valence-electron chi connectivity index (χ4n) is 1.46. The Balaban J connectivity index is 2.61. The predicted octanol–water partition coefficient (Wildman–Crippen LogP) is 2.20. The normalized spacial score (nSPS) is 10.2. The molecule has 2 aromatic carbocycles. The average molecular weight is 173 g/mol. The summed E-state index contributed by atoms with van der Waals surface area (Å²) in [6.07, 6.45) is 0. The number of aliphatic hydroxyl groups is 1. The smallest absolute Gasteiger partial charge is 0.113 e. The fraction of sp³-hybridized carbons (Fsp3) is 0.0909. The second-order valence-electron chi connectivity index (χ2n) is 2.86. The highest BCUT2D eigenvalue weighted by molar-refractivity contribution is 5.93. The van der Waals surface area contributed by atoms with Gasteiger partial charge in [0.05, 0.1) is 0 Å². The van der Waals surface area contributed by atoms with Gasteiger partial charge in [0.15, 0.2) is 0 Å². The van der Waals surface area contributed by atoms with E-state index in [-0.39, 0.29) is 6.73 Å². The van der Waals surface area contributed by atoms with Crippen molar-refractivity contribution in [3.05, 3.63) is 42.5 Å². The number of hydrogen-bond donors (Lipinski definition) is 2. The predicted molar refractivity (Wildman–Crippen MR) is 54.7 cm³/mol. The zero-order valence-electron chi connectivity index (χ0n) is 7.20. The summed E-state index contributed by atoms with van der Waals surface area (Å²) >= 11 is 0. The zero-order valence-corrected chi connectivity index (χ0v) is 7.20. The summed E-state index contributed by atoms with van der Waals surface area (Å²) in [5.41, 5.74) is 0.973. The van der Waals surface area contributed by atoms with Crippen LogP contribution in [0.3, 0.4) is 0 Å². The van der Waals surface area contributed by atoms with Crippen LogP contribution < -0.4 is 5.32 Å². The van der Waals surface area contributed by atoms with Crippen LogP contribution in [0, 0.1) is 0 Å². The first-order chi connectivity index (χ1) is 6.42. The summed E-state index contributed by atoms with van der Waals surface area (Å²) in [5.74, 6) is 0. The summed E-state index contributed by atoms with van der Waals surface area (Å²) in [7, 11) is 0. The van der Waals surface area contributed by atoms with Crippen molar-refractivity contribution in [1.29, 1.82) is 0 Å². The van der Waals surface area contributed by atoms with Crippen LogP contribution in [-0.4, -0.2) is 11.8 Å². The zero-order chi connectivity index (χ0) is 9.10. The molecule has 0 fully saturated rings. The molecule has 0 bridgehead atoms. The molecule has 0 aromatic heterocycles. The van der Waals surface area contributed by atoms with Crippen molar-refractivity contribution in [3.63, 3.8) is 0 Å². The SMILES string of the molecule is OCNc1cccc2ccccc12. The Morgan fingerprint density at radius 3 is 2.62 bits per heavy atom. The van der Waals surface area contributed by atoms with Crippen molar-refractivity contribution in [2.75, 3.05) is 12.0 Å². The summed E-state index contributed by atoms with van der Waals surface area (Å²) in [4.78, 5) is 0. The van der Waals surface area contributed by atoms with Gasteiger partial charge in [0.2, 0.25) is 0 Å². The number of benzene rings is 2. The van der Waals surface area contributed by atoms with Crippen molar-refractivity contribution in [2.24, 2.45) is 0 Å². The van der Waals surface area contributed by atoms with E-state index in [0.717, 1.165) is 11.1 Å². The first kappa shape index (κ1) is 8.08. The third kappa shape index (κ3) is 1.48. The maximum Gasteiger partial charge on any atom is 0.113 e. The molecule has 2 N–H and O–H groups in total. The third-order valence-corrected chi connectivity index (χ3v) is 2.06. The van der Waals surface area contributed by atoms with Crippen LogP contribution in [0.15, 0.2) is 42.5 Å². The van der Waals surface area contributed by atoms with Gasteiger partial charge in [-0.1, -0.05) is 36.4 Å².